The highest BCUT2D eigenvalue weighted by molar-refractivity contribution is 5.96. The predicted octanol–water partition coefficient (Wildman–Crippen LogP) is -2.32. The molecule has 0 bridgehead atoms. The number of carboxylic acid groups (broad SMARTS) is 2. The Morgan fingerprint density at radius 1 is 0.842 bits per heavy atom. The average molecular weight is 797 g/mol. The van der Waals surface area contributed by atoms with E-state index in [2.05, 4.69) is 41.9 Å². The van der Waals surface area contributed by atoms with E-state index in [1.54, 1.807) is 30.3 Å². The molecule has 6 amide bonds. The number of unbranched alkanes of at least 4 members (excludes halogenated alkanes) is 1. The second kappa shape index (κ2) is 22.0. The molecule has 0 spiro atoms. The number of benzene rings is 1. The van der Waals surface area contributed by atoms with Gasteiger partial charge in [0.2, 0.25) is 35.4 Å². The Kier molecular flexibility index (Phi) is 16.9. The molecule has 57 heavy (non-hydrogen) atoms. The van der Waals surface area contributed by atoms with E-state index >= 15 is 0 Å². The van der Waals surface area contributed by atoms with Crippen molar-refractivity contribution in [3.63, 3.8) is 0 Å². The first-order valence-corrected chi connectivity index (χ1v) is 19.0. The molecule has 6 atom stereocenters. The number of amides is 6. The van der Waals surface area contributed by atoms with Crippen LogP contribution in [0.25, 0.3) is 0 Å². The number of H-pyrrole nitrogens is 1. The molecule has 1 aromatic carbocycles. The van der Waals surface area contributed by atoms with Crippen LogP contribution in [0.3, 0.4) is 0 Å². The molecule has 0 unspecified atom stereocenters. The van der Waals surface area contributed by atoms with Crippen molar-refractivity contribution in [1.29, 1.82) is 0 Å². The van der Waals surface area contributed by atoms with Gasteiger partial charge >= 0.3 is 11.9 Å². The summed E-state index contributed by atoms with van der Waals surface area (Å²) in [5.41, 5.74) is 6.72. The second-order valence-electron chi connectivity index (χ2n) is 14.1. The molecule has 1 aromatic heterocycles. The van der Waals surface area contributed by atoms with E-state index < -0.39 is 84.6 Å². The summed E-state index contributed by atoms with van der Waals surface area (Å²) in [4.78, 5) is 112. The number of aromatic nitrogens is 2. The fraction of sp³-hybridized carbons (Fsp3) is 0.541. The Labute approximate surface area is 328 Å². The number of carbonyl (C=O) groups is 8. The predicted molar refractivity (Wildman–Crippen MR) is 202 cm³/mol. The van der Waals surface area contributed by atoms with Crippen molar-refractivity contribution in [3.8, 4) is 0 Å². The first-order chi connectivity index (χ1) is 27.4. The van der Waals surface area contributed by atoms with Crippen molar-refractivity contribution in [2.24, 2.45) is 5.73 Å². The number of hydrogen-bond donors (Lipinski definition) is 10. The Balaban J connectivity index is 1.47. The van der Waals surface area contributed by atoms with Gasteiger partial charge in [-0.2, -0.15) is 0 Å². The Hall–Kier alpha value is -5.89. The van der Waals surface area contributed by atoms with Crippen molar-refractivity contribution in [2.45, 2.75) is 100 Å². The van der Waals surface area contributed by atoms with Crippen molar-refractivity contribution in [3.05, 3.63) is 54.1 Å². The van der Waals surface area contributed by atoms with Crippen LogP contribution in [0.4, 0.5) is 0 Å². The van der Waals surface area contributed by atoms with Crippen molar-refractivity contribution in [1.82, 2.24) is 46.8 Å². The average Bonchev–Trinajstić information content (AvgIpc) is 4.00. The molecule has 20 nitrogen and oxygen atoms in total. The van der Waals surface area contributed by atoms with Crippen LogP contribution >= 0.6 is 0 Å². The summed E-state index contributed by atoms with van der Waals surface area (Å²) in [6.07, 6.45) is 5.26. The van der Waals surface area contributed by atoms with Gasteiger partial charge in [0, 0.05) is 31.3 Å². The molecule has 0 radical (unpaired) electrons. The highest BCUT2D eigenvalue weighted by Crippen LogP contribution is 2.21. The largest absolute Gasteiger partial charge is 0.481 e. The normalized spacial score (nSPS) is 18.4. The van der Waals surface area contributed by atoms with Gasteiger partial charge in [0.05, 0.1) is 25.3 Å². The summed E-state index contributed by atoms with van der Waals surface area (Å²) < 4.78 is 0. The van der Waals surface area contributed by atoms with Crippen LogP contribution in [0.15, 0.2) is 42.9 Å². The molecular weight excluding hydrogens is 744 g/mol. The molecular formula is C37H52N10O10. The van der Waals surface area contributed by atoms with E-state index in [1.807, 2.05) is 0 Å². The lowest BCUT2D eigenvalue weighted by Gasteiger charge is -2.27. The number of likely N-dealkylation sites (tertiary alicyclic amines) is 1. The van der Waals surface area contributed by atoms with Gasteiger partial charge < -0.3 is 57.7 Å². The SMILES string of the molecule is NCCCC[C@H](NC(=O)[C@H](Cc1ccccc1)NC(=O)[C@H](Cc1cnc[nH]1)NC(=O)CNC(=O)[C@@H]1CCCN1C(=O)[C@@H]1CCCN1)C(=O)N[C@@H](CC(=O)O)C(=O)O. The number of aliphatic carboxylic acids is 2. The summed E-state index contributed by atoms with van der Waals surface area (Å²) in [5, 5.41) is 34.4. The number of rotatable bonds is 22. The quantitative estimate of drug-likeness (QED) is 0.0561. The lowest BCUT2D eigenvalue weighted by Crippen LogP contribution is -2.59. The number of nitrogens with one attached hydrogen (secondary N) is 7. The van der Waals surface area contributed by atoms with Crippen LogP contribution < -0.4 is 37.6 Å². The van der Waals surface area contributed by atoms with Crippen LogP contribution in [-0.4, -0.2) is 135 Å². The molecule has 2 aromatic rings. The van der Waals surface area contributed by atoms with Gasteiger partial charge in [-0.25, -0.2) is 9.78 Å². The zero-order valence-electron chi connectivity index (χ0n) is 31.5. The molecule has 0 saturated carbocycles. The van der Waals surface area contributed by atoms with Gasteiger partial charge in [-0.15, -0.1) is 0 Å². The summed E-state index contributed by atoms with van der Waals surface area (Å²) >= 11 is 0. The molecule has 4 rings (SSSR count). The topological polar surface area (TPSA) is 307 Å². The molecule has 20 heteroatoms. The smallest absolute Gasteiger partial charge is 0.326 e. The highest BCUT2D eigenvalue weighted by Gasteiger charge is 2.38. The first kappa shape index (κ1) is 43.8. The van der Waals surface area contributed by atoms with Gasteiger partial charge in [0.1, 0.15) is 30.2 Å². The molecule has 2 fully saturated rings. The number of carbonyl (C=O) groups excluding carboxylic acids is 6. The highest BCUT2D eigenvalue weighted by atomic mass is 16.4. The second-order valence-corrected chi connectivity index (χ2v) is 14.1. The number of carboxylic acids is 2. The molecule has 0 aliphatic carbocycles. The fourth-order valence-corrected chi connectivity index (χ4v) is 6.77. The van der Waals surface area contributed by atoms with E-state index in [0.29, 0.717) is 49.9 Å². The first-order valence-electron chi connectivity index (χ1n) is 19.0. The lowest BCUT2D eigenvalue weighted by atomic mass is 10.0. The van der Waals surface area contributed by atoms with Gasteiger partial charge in [0.15, 0.2) is 0 Å². The number of hydrogen-bond acceptors (Lipinski definition) is 11. The summed E-state index contributed by atoms with van der Waals surface area (Å²) in [5.74, 6) is -6.93. The molecule has 2 aliphatic heterocycles. The van der Waals surface area contributed by atoms with Crippen LogP contribution in [-0.2, 0) is 51.2 Å². The maximum absolute atomic E-state index is 14.0. The zero-order valence-corrected chi connectivity index (χ0v) is 31.5. The van der Waals surface area contributed by atoms with Gasteiger partial charge in [0.25, 0.3) is 0 Å². The zero-order chi connectivity index (χ0) is 41.3. The monoisotopic (exact) mass is 796 g/mol. The Morgan fingerprint density at radius 2 is 1.53 bits per heavy atom. The van der Waals surface area contributed by atoms with Crippen molar-refractivity contribution < 1.29 is 48.6 Å². The van der Waals surface area contributed by atoms with E-state index in [-0.39, 0.29) is 37.8 Å². The van der Waals surface area contributed by atoms with E-state index in [4.69, 9.17) is 10.8 Å². The molecule has 310 valence electrons. The van der Waals surface area contributed by atoms with Crippen molar-refractivity contribution >= 4 is 47.4 Å². The Bertz CT molecular complexity index is 1700. The maximum atomic E-state index is 14.0. The summed E-state index contributed by atoms with van der Waals surface area (Å²) in [7, 11) is 0. The number of nitrogens with zero attached hydrogens (tertiary/aromatic N) is 2. The lowest BCUT2D eigenvalue weighted by molar-refractivity contribution is -0.147. The summed E-state index contributed by atoms with van der Waals surface area (Å²) in [6.45, 7) is 0.927. The maximum Gasteiger partial charge on any atom is 0.326 e. The van der Waals surface area contributed by atoms with Crippen LogP contribution in [0.5, 0.6) is 0 Å². The van der Waals surface area contributed by atoms with Gasteiger partial charge in [-0.1, -0.05) is 30.3 Å². The third-order valence-electron chi connectivity index (χ3n) is 9.74. The van der Waals surface area contributed by atoms with Gasteiger partial charge in [-0.3, -0.25) is 33.6 Å². The molecule has 2 saturated heterocycles. The van der Waals surface area contributed by atoms with Crippen LogP contribution in [0.1, 0.15) is 62.6 Å². The standard InChI is InChI=1S/C37H52N10O10/c38-13-5-4-10-24(32(51)46-28(37(56)57)18-31(49)50)44-33(52)26(16-22-8-2-1-3-9-22)45-34(53)27(17-23-19-39-21-42-23)43-30(48)20-41-35(54)29-12-7-15-47(29)36(55)25-11-6-14-40-25/h1-3,8-9,19,21,24-29,40H,4-7,10-18,20,38H2,(H,39,42)(H,41,54)(H,43,48)(H,44,52)(H,45,53)(H,46,51)(H,49,50)(H,56,57)/t24-,25-,26-,27-,28-,29-/m0/s1. The Morgan fingerprint density at radius 3 is 2.16 bits per heavy atom. The number of aromatic amines is 1. The number of imidazole rings is 1. The van der Waals surface area contributed by atoms with E-state index in [0.717, 1.165) is 13.0 Å². The third-order valence-corrected chi connectivity index (χ3v) is 9.74. The third kappa shape index (κ3) is 13.7. The van der Waals surface area contributed by atoms with E-state index in [9.17, 15) is 43.5 Å². The molecule has 3 heterocycles. The summed E-state index contributed by atoms with van der Waals surface area (Å²) in [6, 6.07) is 1.88. The van der Waals surface area contributed by atoms with Crippen LogP contribution in [0.2, 0.25) is 0 Å². The minimum absolute atomic E-state index is 0.0225. The van der Waals surface area contributed by atoms with E-state index in [1.165, 1.54) is 17.4 Å². The van der Waals surface area contributed by atoms with Crippen molar-refractivity contribution in [2.75, 3.05) is 26.2 Å². The minimum Gasteiger partial charge on any atom is -0.481 e. The minimum atomic E-state index is -1.77. The number of nitrogens with two attached hydrogens (primary N) is 1. The van der Waals surface area contributed by atoms with Gasteiger partial charge in [-0.05, 0) is 63.6 Å². The molecule has 11 N–H and O–H groups in total. The molecule has 2 aliphatic rings. The van der Waals surface area contributed by atoms with Crippen LogP contribution in [0, 0.1) is 0 Å². The fourth-order valence-electron chi connectivity index (χ4n) is 6.77.